The Hall–Kier alpha value is 1.54. The van der Waals surface area contributed by atoms with Crippen LogP contribution in [0.15, 0.2) is 0 Å². The van der Waals surface area contributed by atoms with Crippen LogP contribution in [0.3, 0.4) is 0 Å². The molecule has 0 aromatic rings. The molecule has 0 aliphatic rings. The molecule has 0 spiro atoms. The van der Waals surface area contributed by atoms with Gasteiger partial charge in [0.15, 0.2) is 0 Å². The van der Waals surface area contributed by atoms with Crippen molar-refractivity contribution in [2.24, 2.45) is 0 Å². The summed E-state index contributed by atoms with van der Waals surface area (Å²) in [5.41, 5.74) is 0. The Balaban J connectivity index is 3.99. The van der Waals surface area contributed by atoms with Gasteiger partial charge in [-0.05, 0) is 22.6 Å². The minimum Gasteiger partial charge on any atom is -0.195 e. The van der Waals surface area contributed by atoms with E-state index in [0.717, 1.165) is 0 Å². The highest BCUT2D eigenvalue weighted by molar-refractivity contribution is 14.1. The third-order valence-corrected chi connectivity index (χ3v) is 9.92. The molecule has 0 aromatic carbocycles. The molecule has 5 heteroatoms. The van der Waals surface area contributed by atoms with Crippen LogP contribution in [0.5, 0.6) is 0 Å². The Bertz CT molecular complexity index is 128. The summed E-state index contributed by atoms with van der Waals surface area (Å²) in [4.78, 5) is 0. The number of hydrogen-bond donors (Lipinski definition) is 0. The van der Waals surface area contributed by atoms with Gasteiger partial charge < -0.3 is 0 Å². The van der Waals surface area contributed by atoms with Crippen LogP contribution in [0.1, 0.15) is 6.42 Å². The van der Waals surface area contributed by atoms with Gasteiger partial charge in [0, 0.05) is 9.97 Å². The van der Waals surface area contributed by atoms with Crippen LogP contribution in [0.2, 0.25) is 19.6 Å². The van der Waals surface area contributed by atoms with Gasteiger partial charge in [-0.25, -0.2) is 0 Å². The fraction of sp³-hybridized carbons (Fsp3) is 1.00. The van der Waals surface area contributed by atoms with E-state index in [1.54, 1.807) is 0 Å². The molecule has 0 fully saturated rings. The van der Waals surface area contributed by atoms with Crippen molar-refractivity contribution in [3.05, 3.63) is 0 Å². The highest BCUT2D eigenvalue weighted by Crippen LogP contribution is 2.34. The lowest BCUT2D eigenvalue weighted by Crippen LogP contribution is -2.36. The summed E-state index contributed by atoms with van der Waals surface area (Å²) < 4.78 is 22.6. The zero-order valence-electron chi connectivity index (χ0n) is 6.80. The van der Waals surface area contributed by atoms with E-state index in [2.05, 4.69) is 42.2 Å². The van der Waals surface area contributed by atoms with Crippen molar-refractivity contribution in [2.45, 2.75) is 33.5 Å². The van der Waals surface area contributed by atoms with Crippen LogP contribution in [-0.2, 0) is 0 Å². The lowest BCUT2D eigenvalue weighted by Gasteiger charge is -2.25. The summed E-state index contributed by atoms with van der Waals surface area (Å²) in [7, 11) is -1.37. The van der Waals surface area contributed by atoms with Gasteiger partial charge >= 0.3 is 0 Å². The smallest absolute Gasteiger partial charge is 0.195 e. The number of rotatable bonds is 3. The lowest BCUT2D eigenvalue weighted by molar-refractivity contribution is 0.122. The first-order valence-corrected chi connectivity index (χ1v) is 9.24. The van der Waals surface area contributed by atoms with Crippen LogP contribution in [0, 0.1) is 0 Å². The van der Waals surface area contributed by atoms with Crippen molar-refractivity contribution in [3.8, 4) is 0 Å². The molecule has 0 amide bonds. The Morgan fingerprint density at radius 2 is 1.73 bits per heavy atom. The van der Waals surface area contributed by atoms with Crippen LogP contribution < -0.4 is 0 Å². The van der Waals surface area contributed by atoms with Crippen molar-refractivity contribution in [3.63, 3.8) is 0 Å². The highest BCUT2D eigenvalue weighted by atomic mass is 127. The molecule has 0 aliphatic carbocycles. The highest BCUT2D eigenvalue weighted by Gasteiger charge is 2.34. The van der Waals surface area contributed by atoms with Crippen molar-refractivity contribution >= 4 is 53.3 Å². The van der Waals surface area contributed by atoms with Gasteiger partial charge in [-0.2, -0.15) is 8.78 Å². The summed E-state index contributed by atoms with van der Waals surface area (Å²) in [5.74, 6) is 0. The molecule has 11 heavy (non-hydrogen) atoms. The molecular formula is C6H12F2I2Si. The van der Waals surface area contributed by atoms with Gasteiger partial charge in [-0.3, -0.25) is 0 Å². The molecule has 0 saturated heterocycles. The van der Waals surface area contributed by atoms with E-state index in [0.29, 0.717) is 0 Å². The lowest BCUT2D eigenvalue weighted by atomic mass is 10.5. The fourth-order valence-corrected chi connectivity index (χ4v) is 3.63. The largest absolute Gasteiger partial charge is 0.297 e. The topological polar surface area (TPSA) is 0 Å². The molecule has 0 radical (unpaired) electrons. The molecule has 0 heterocycles. The molecule has 0 rings (SSSR count). The van der Waals surface area contributed by atoms with Crippen molar-refractivity contribution in [1.29, 1.82) is 0 Å². The summed E-state index contributed by atoms with van der Waals surface area (Å²) in [6.07, 6.45) is 0.0177. The molecule has 0 aromatic heterocycles. The van der Waals surface area contributed by atoms with E-state index in [-0.39, 0.29) is 9.97 Å². The zero-order chi connectivity index (χ0) is 9.28. The number of halogens is 4. The quantitative estimate of drug-likeness (QED) is 0.378. The van der Waals surface area contributed by atoms with Crippen LogP contribution in [-0.4, -0.2) is 15.6 Å². The van der Waals surface area contributed by atoms with Crippen molar-refractivity contribution < 1.29 is 8.78 Å². The minimum atomic E-state index is -2.52. The SMILES string of the molecule is C[Si](C)(C)C(I)CC(F)(F)I. The maximum Gasteiger partial charge on any atom is 0.297 e. The summed E-state index contributed by atoms with van der Waals surface area (Å²) >= 11 is 3.37. The maximum atomic E-state index is 12.5. The molecule has 0 aliphatic heterocycles. The first-order valence-electron chi connectivity index (χ1n) is 3.34. The predicted octanol–water partition coefficient (Wildman–Crippen LogP) is 4.09. The molecule has 0 N–H and O–H groups in total. The second-order valence-electron chi connectivity index (χ2n) is 3.65. The molecule has 0 nitrogen and oxygen atoms in total. The minimum absolute atomic E-state index is 0.0177. The Morgan fingerprint density at radius 1 is 1.36 bits per heavy atom. The van der Waals surface area contributed by atoms with Crippen LogP contribution >= 0.6 is 45.2 Å². The molecule has 1 atom stereocenters. The maximum absolute atomic E-state index is 12.5. The predicted molar refractivity (Wildman–Crippen MR) is 64.7 cm³/mol. The molecule has 68 valence electrons. The van der Waals surface area contributed by atoms with E-state index < -0.39 is 12.0 Å². The Labute approximate surface area is 94.8 Å². The van der Waals surface area contributed by atoms with E-state index >= 15 is 0 Å². The molecular weight excluding hydrogens is 392 g/mol. The first-order chi connectivity index (χ1) is 4.63. The molecule has 0 saturated carbocycles. The van der Waals surface area contributed by atoms with Crippen molar-refractivity contribution in [2.75, 3.05) is 0 Å². The first kappa shape index (κ1) is 12.5. The van der Waals surface area contributed by atoms with Crippen LogP contribution in [0.25, 0.3) is 0 Å². The van der Waals surface area contributed by atoms with Crippen LogP contribution in [0.4, 0.5) is 8.78 Å². The van der Waals surface area contributed by atoms with Gasteiger partial charge in [-0.1, -0.05) is 42.2 Å². The molecule has 0 bridgehead atoms. The monoisotopic (exact) mass is 404 g/mol. The van der Waals surface area contributed by atoms with Gasteiger partial charge in [0.2, 0.25) is 0 Å². The van der Waals surface area contributed by atoms with E-state index in [9.17, 15) is 8.78 Å². The average Bonchev–Trinajstić information content (AvgIpc) is 1.56. The van der Waals surface area contributed by atoms with Gasteiger partial charge in [0.1, 0.15) is 0 Å². The average molecular weight is 404 g/mol. The fourth-order valence-electron chi connectivity index (χ4n) is 0.509. The summed E-state index contributed by atoms with van der Waals surface area (Å²) in [6, 6.07) is 0. The summed E-state index contributed by atoms with van der Waals surface area (Å²) in [6.45, 7) is 6.35. The molecule has 1 unspecified atom stereocenters. The third-order valence-electron chi connectivity index (χ3n) is 1.35. The van der Waals surface area contributed by atoms with E-state index in [1.807, 2.05) is 0 Å². The third kappa shape index (κ3) is 6.68. The summed E-state index contributed by atoms with van der Waals surface area (Å²) in [5, 5.41) is 0. The Kier molecular flexibility index (Phi) is 4.75. The Morgan fingerprint density at radius 3 is 1.82 bits per heavy atom. The standard InChI is InChI=1S/C6H12F2I2Si/c1-11(2,3)5(9)4-6(7,8)10/h5H,4H2,1-3H3. The second kappa shape index (κ2) is 4.16. The number of hydrogen-bond acceptors (Lipinski definition) is 0. The van der Waals surface area contributed by atoms with Gasteiger partial charge in [0.05, 0.1) is 8.07 Å². The number of alkyl halides is 4. The zero-order valence-corrected chi connectivity index (χ0v) is 12.1. The van der Waals surface area contributed by atoms with E-state index in [1.165, 1.54) is 22.6 Å². The van der Waals surface area contributed by atoms with E-state index in [4.69, 9.17) is 0 Å². The van der Waals surface area contributed by atoms with Gasteiger partial charge in [0.25, 0.3) is 3.93 Å². The second-order valence-corrected chi connectivity index (χ2v) is 13.3. The normalized spacial score (nSPS) is 16.6. The van der Waals surface area contributed by atoms with Crippen molar-refractivity contribution in [1.82, 2.24) is 0 Å². The van der Waals surface area contributed by atoms with Gasteiger partial charge in [-0.15, -0.1) is 0 Å².